The summed E-state index contributed by atoms with van der Waals surface area (Å²) in [4.78, 5) is 7.40. The minimum Gasteiger partial charge on any atom is -0.386 e. The van der Waals surface area contributed by atoms with Crippen LogP contribution in [0.4, 0.5) is 0 Å². The van der Waals surface area contributed by atoms with E-state index in [2.05, 4.69) is 59.7 Å². The number of hydrogen-bond acceptors (Lipinski definition) is 3. The summed E-state index contributed by atoms with van der Waals surface area (Å²) in [7, 11) is 0. The van der Waals surface area contributed by atoms with E-state index in [1.54, 1.807) is 0 Å². The first-order valence-electron chi connectivity index (χ1n) is 11.7. The van der Waals surface area contributed by atoms with Gasteiger partial charge in [0.15, 0.2) is 5.96 Å². The highest BCUT2D eigenvalue weighted by Gasteiger charge is 2.40. The van der Waals surface area contributed by atoms with E-state index in [0.29, 0.717) is 24.7 Å². The molecule has 2 saturated heterocycles. The molecule has 3 atom stereocenters. The van der Waals surface area contributed by atoms with Crippen LogP contribution in [0.25, 0.3) is 0 Å². The largest absolute Gasteiger partial charge is 0.386 e. The van der Waals surface area contributed by atoms with Gasteiger partial charge in [0.1, 0.15) is 0 Å². The molecule has 2 aliphatic heterocycles. The molecule has 6 heteroatoms. The van der Waals surface area contributed by atoms with Gasteiger partial charge >= 0.3 is 0 Å². The standard InChI is InChI=1S/C26H36N4O.HI/c1-3-27-26(28-17-25(31)21-11-9-19(2)10-12-21)29-22-15-23-13-14-24(16-22)30(23)18-20-7-5-4-6-8-20;/h4-12,22-25,31H,3,13-18H2,1-2H3,(H2,27,28,29);1H. The SMILES string of the molecule is CCNC(=NCC(O)c1ccc(C)cc1)NC1CC2CCC(C1)N2Cc1ccccc1.I. The second kappa shape index (κ2) is 12.0. The van der Waals surface area contributed by atoms with Crippen molar-refractivity contribution in [2.24, 2.45) is 4.99 Å². The van der Waals surface area contributed by atoms with E-state index >= 15 is 0 Å². The third kappa shape index (κ3) is 6.45. The van der Waals surface area contributed by atoms with Gasteiger partial charge in [-0.25, -0.2) is 0 Å². The van der Waals surface area contributed by atoms with Crippen molar-refractivity contribution in [1.29, 1.82) is 0 Å². The lowest BCUT2D eigenvalue weighted by Crippen LogP contribution is -2.52. The molecule has 5 nitrogen and oxygen atoms in total. The molecule has 2 aromatic rings. The van der Waals surface area contributed by atoms with Crippen molar-refractivity contribution in [2.75, 3.05) is 13.1 Å². The number of aryl methyl sites for hydroxylation is 1. The second-order valence-electron chi connectivity index (χ2n) is 9.00. The number of piperidine rings is 1. The molecule has 3 unspecified atom stereocenters. The van der Waals surface area contributed by atoms with Crippen LogP contribution in [0.15, 0.2) is 59.6 Å². The number of guanidine groups is 1. The number of aliphatic hydroxyl groups is 1. The van der Waals surface area contributed by atoms with Gasteiger partial charge in [-0.05, 0) is 50.7 Å². The number of hydrogen-bond donors (Lipinski definition) is 3. The van der Waals surface area contributed by atoms with Gasteiger partial charge < -0.3 is 15.7 Å². The summed E-state index contributed by atoms with van der Waals surface area (Å²) >= 11 is 0. The van der Waals surface area contributed by atoms with Crippen LogP contribution in [0, 0.1) is 6.92 Å². The molecule has 0 saturated carbocycles. The number of fused-ring (bicyclic) bond motifs is 2. The number of benzene rings is 2. The molecule has 4 rings (SSSR count). The van der Waals surface area contributed by atoms with Crippen LogP contribution < -0.4 is 10.6 Å². The van der Waals surface area contributed by atoms with Crippen molar-refractivity contribution < 1.29 is 5.11 Å². The van der Waals surface area contributed by atoms with E-state index in [1.165, 1.54) is 24.0 Å². The Morgan fingerprint density at radius 3 is 2.34 bits per heavy atom. The highest BCUT2D eigenvalue weighted by atomic mass is 127. The van der Waals surface area contributed by atoms with Crippen LogP contribution in [0.2, 0.25) is 0 Å². The van der Waals surface area contributed by atoms with Crippen LogP contribution in [-0.4, -0.2) is 47.2 Å². The fourth-order valence-corrected chi connectivity index (χ4v) is 5.03. The van der Waals surface area contributed by atoms with Gasteiger partial charge in [-0.2, -0.15) is 0 Å². The number of rotatable bonds is 7. The fourth-order valence-electron chi connectivity index (χ4n) is 5.03. The summed E-state index contributed by atoms with van der Waals surface area (Å²) in [6, 6.07) is 20.6. The third-order valence-corrected chi connectivity index (χ3v) is 6.66. The Morgan fingerprint density at radius 1 is 1.06 bits per heavy atom. The third-order valence-electron chi connectivity index (χ3n) is 6.66. The van der Waals surface area contributed by atoms with Gasteiger partial charge in [-0.3, -0.25) is 9.89 Å². The molecule has 2 heterocycles. The van der Waals surface area contributed by atoms with Crippen LogP contribution in [0.5, 0.6) is 0 Å². The molecule has 2 fully saturated rings. The zero-order valence-corrected chi connectivity index (χ0v) is 21.5. The molecule has 2 bridgehead atoms. The maximum Gasteiger partial charge on any atom is 0.191 e. The van der Waals surface area contributed by atoms with Crippen molar-refractivity contribution in [2.45, 2.75) is 70.3 Å². The van der Waals surface area contributed by atoms with Crippen molar-refractivity contribution >= 4 is 29.9 Å². The minimum atomic E-state index is -0.583. The fraction of sp³-hybridized carbons (Fsp3) is 0.500. The molecule has 32 heavy (non-hydrogen) atoms. The maximum atomic E-state index is 10.5. The number of aliphatic hydroxyl groups excluding tert-OH is 1. The molecule has 0 aromatic heterocycles. The normalized spacial score (nSPS) is 24.0. The summed E-state index contributed by atoms with van der Waals surface area (Å²) in [5.74, 6) is 0.814. The van der Waals surface area contributed by atoms with E-state index < -0.39 is 6.10 Å². The highest BCUT2D eigenvalue weighted by Crippen LogP contribution is 2.36. The Balaban J connectivity index is 0.00000289. The quantitative estimate of drug-likeness (QED) is 0.273. The van der Waals surface area contributed by atoms with Gasteiger partial charge in [0, 0.05) is 31.2 Å². The lowest BCUT2D eigenvalue weighted by Gasteiger charge is -2.39. The Kier molecular flexibility index (Phi) is 9.37. The van der Waals surface area contributed by atoms with Crippen LogP contribution in [0.1, 0.15) is 55.4 Å². The number of nitrogens with one attached hydrogen (secondary N) is 2. The summed E-state index contributed by atoms with van der Waals surface area (Å²) in [5.41, 5.74) is 3.52. The van der Waals surface area contributed by atoms with E-state index in [9.17, 15) is 5.11 Å². The van der Waals surface area contributed by atoms with Crippen LogP contribution in [-0.2, 0) is 6.54 Å². The Labute approximate surface area is 209 Å². The molecular weight excluding hydrogens is 511 g/mol. The molecule has 2 aliphatic rings. The summed E-state index contributed by atoms with van der Waals surface area (Å²) < 4.78 is 0. The van der Waals surface area contributed by atoms with Crippen molar-refractivity contribution in [3.05, 3.63) is 71.3 Å². The lowest BCUT2D eigenvalue weighted by atomic mass is 9.96. The van der Waals surface area contributed by atoms with E-state index in [1.807, 2.05) is 24.3 Å². The number of halogens is 1. The predicted octanol–water partition coefficient (Wildman–Crippen LogP) is 4.40. The minimum absolute atomic E-state index is 0. The van der Waals surface area contributed by atoms with E-state index in [0.717, 1.165) is 37.5 Å². The first kappa shape index (κ1) is 25.0. The topological polar surface area (TPSA) is 59.9 Å². The molecule has 3 N–H and O–H groups in total. The van der Waals surface area contributed by atoms with Crippen molar-refractivity contribution in [1.82, 2.24) is 15.5 Å². The Bertz CT molecular complexity index is 844. The van der Waals surface area contributed by atoms with Gasteiger partial charge in [-0.1, -0.05) is 60.2 Å². The molecule has 0 spiro atoms. The van der Waals surface area contributed by atoms with Gasteiger partial charge in [0.25, 0.3) is 0 Å². The summed E-state index contributed by atoms with van der Waals surface area (Å²) in [6.07, 6.45) is 4.29. The summed E-state index contributed by atoms with van der Waals surface area (Å²) in [5, 5.41) is 17.6. The van der Waals surface area contributed by atoms with Crippen LogP contribution >= 0.6 is 24.0 Å². The molecular formula is C26H37IN4O. The van der Waals surface area contributed by atoms with Crippen molar-refractivity contribution in [3.8, 4) is 0 Å². The maximum absolute atomic E-state index is 10.5. The molecule has 0 amide bonds. The van der Waals surface area contributed by atoms with Crippen molar-refractivity contribution in [3.63, 3.8) is 0 Å². The molecule has 174 valence electrons. The van der Waals surface area contributed by atoms with Gasteiger partial charge in [0.2, 0.25) is 0 Å². The highest BCUT2D eigenvalue weighted by molar-refractivity contribution is 14.0. The first-order valence-corrected chi connectivity index (χ1v) is 11.7. The predicted molar refractivity (Wildman–Crippen MR) is 142 cm³/mol. The number of aliphatic imine (C=N–C) groups is 1. The smallest absolute Gasteiger partial charge is 0.191 e. The van der Waals surface area contributed by atoms with E-state index in [-0.39, 0.29) is 24.0 Å². The Morgan fingerprint density at radius 2 is 1.72 bits per heavy atom. The number of nitrogens with zero attached hydrogens (tertiary/aromatic N) is 2. The second-order valence-corrected chi connectivity index (χ2v) is 9.00. The average Bonchev–Trinajstić information content (AvgIpc) is 3.01. The van der Waals surface area contributed by atoms with Gasteiger partial charge in [0.05, 0.1) is 12.6 Å². The zero-order chi connectivity index (χ0) is 21.6. The first-order chi connectivity index (χ1) is 15.1. The van der Waals surface area contributed by atoms with Gasteiger partial charge in [-0.15, -0.1) is 24.0 Å². The summed E-state index contributed by atoms with van der Waals surface area (Å²) in [6.45, 7) is 6.36. The monoisotopic (exact) mass is 548 g/mol. The van der Waals surface area contributed by atoms with E-state index in [4.69, 9.17) is 4.99 Å². The molecule has 0 radical (unpaired) electrons. The molecule has 0 aliphatic carbocycles. The lowest BCUT2D eigenvalue weighted by molar-refractivity contribution is 0.114. The molecule has 2 aromatic carbocycles. The average molecular weight is 549 g/mol. The zero-order valence-electron chi connectivity index (χ0n) is 19.2. The Hall–Kier alpha value is -1.64. The van der Waals surface area contributed by atoms with Crippen LogP contribution in [0.3, 0.4) is 0 Å².